The zero-order valence-corrected chi connectivity index (χ0v) is 13.7. The lowest BCUT2D eigenvalue weighted by atomic mass is 10.2. The number of hydrogen-bond acceptors (Lipinski definition) is 5. The van der Waals surface area contributed by atoms with Crippen LogP contribution in [-0.4, -0.2) is 38.8 Å². The van der Waals surface area contributed by atoms with Gasteiger partial charge in [0, 0.05) is 19.0 Å². The van der Waals surface area contributed by atoms with Crippen LogP contribution >= 0.6 is 0 Å². The molecule has 8 heteroatoms. The van der Waals surface area contributed by atoms with Crippen molar-refractivity contribution in [2.45, 2.75) is 30.7 Å². The third-order valence-corrected chi connectivity index (χ3v) is 4.61. The first-order valence-corrected chi connectivity index (χ1v) is 8.83. The van der Waals surface area contributed by atoms with Crippen molar-refractivity contribution < 1.29 is 22.7 Å². The monoisotopic (exact) mass is 340 g/mol. The first-order valence-electron chi connectivity index (χ1n) is 7.28. The van der Waals surface area contributed by atoms with Gasteiger partial charge >= 0.3 is 5.97 Å². The van der Waals surface area contributed by atoms with E-state index in [1.807, 2.05) is 0 Å². The van der Waals surface area contributed by atoms with Gasteiger partial charge in [-0.15, -0.1) is 0 Å². The van der Waals surface area contributed by atoms with Crippen molar-refractivity contribution >= 4 is 21.9 Å². The Balaban J connectivity index is 2.07. The molecule has 0 aliphatic heterocycles. The Labute approximate surface area is 135 Å². The zero-order valence-electron chi connectivity index (χ0n) is 12.9. The molecule has 1 aromatic carbocycles. The number of rotatable bonds is 7. The summed E-state index contributed by atoms with van der Waals surface area (Å²) >= 11 is 0. The average Bonchev–Trinajstić information content (AvgIpc) is 3.34. The molecule has 1 aliphatic carbocycles. The van der Waals surface area contributed by atoms with Crippen molar-refractivity contribution in [1.82, 2.24) is 4.90 Å². The summed E-state index contributed by atoms with van der Waals surface area (Å²) in [5, 5.41) is 5.06. The van der Waals surface area contributed by atoms with Crippen LogP contribution in [-0.2, 0) is 30.9 Å². The third-order valence-electron chi connectivity index (χ3n) is 3.68. The van der Waals surface area contributed by atoms with Crippen LogP contribution in [0.3, 0.4) is 0 Å². The highest BCUT2D eigenvalue weighted by molar-refractivity contribution is 7.89. The van der Waals surface area contributed by atoms with E-state index in [1.54, 1.807) is 17.0 Å². The second-order valence-electron chi connectivity index (χ2n) is 5.55. The summed E-state index contributed by atoms with van der Waals surface area (Å²) in [4.78, 5) is 25.2. The fraction of sp³-hybridized carbons (Fsp3) is 0.467. The molecule has 1 amide bonds. The Kier molecular flexibility index (Phi) is 5.38. The number of sulfonamides is 1. The molecule has 0 spiro atoms. The van der Waals surface area contributed by atoms with Crippen molar-refractivity contribution in [2.24, 2.45) is 11.1 Å². The molecule has 1 aliphatic rings. The zero-order chi connectivity index (χ0) is 17.0. The van der Waals surface area contributed by atoms with Gasteiger partial charge in [0.25, 0.3) is 0 Å². The number of ether oxygens (including phenoxy) is 1. The van der Waals surface area contributed by atoms with E-state index in [-0.39, 0.29) is 35.7 Å². The number of benzene rings is 1. The SMILES string of the molecule is COC(=O)CCN(Cc1ccc(S(N)(=O)=O)cc1)C(=O)C1CC1. The minimum atomic E-state index is -3.73. The van der Waals surface area contributed by atoms with Crippen molar-refractivity contribution in [3.8, 4) is 0 Å². The van der Waals surface area contributed by atoms with E-state index in [0.717, 1.165) is 18.4 Å². The summed E-state index contributed by atoms with van der Waals surface area (Å²) in [6.45, 7) is 0.593. The average molecular weight is 340 g/mol. The highest BCUT2D eigenvalue weighted by Gasteiger charge is 2.33. The van der Waals surface area contributed by atoms with Crippen LogP contribution in [0.5, 0.6) is 0 Å². The summed E-state index contributed by atoms with van der Waals surface area (Å²) < 4.78 is 27.1. The van der Waals surface area contributed by atoms with Crippen LogP contribution in [0.1, 0.15) is 24.8 Å². The number of nitrogens with zero attached hydrogens (tertiary/aromatic N) is 1. The Hall–Kier alpha value is -1.93. The normalized spacial score (nSPS) is 14.3. The Morgan fingerprint density at radius 2 is 1.87 bits per heavy atom. The Morgan fingerprint density at radius 1 is 1.26 bits per heavy atom. The van der Waals surface area contributed by atoms with E-state index in [1.165, 1.54) is 19.2 Å². The van der Waals surface area contributed by atoms with Crippen LogP contribution in [0.4, 0.5) is 0 Å². The minimum absolute atomic E-state index is 0.0180. The maximum atomic E-state index is 12.3. The van der Waals surface area contributed by atoms with Gasteiger partial charge in [0.1, 0.15) is 0 Å². The summed E-state index contributed by atoms with van der Waals surface area (Å²) in [7, 11) is -2.43. The predicted octanol–water partition coefficient (Wildman–Crippen LogP) is 0.636. The number of carbonyl (C=O) groups excluding carboxylic acids is 2. The van der Waals surface area contributed by atoms with E-state index >= 15 is 0 Å². The van der Waals surface area contributed by atoms with Gasteiger partial charge in [0.2, 0.25) is 15.9 Å². The van der Waals surface area contributed by atoms with Gasteiger partial charge in [-0.2, -0.15) is 0 Å². The molecule has 0 bridgehead atoms. The van der Waals surface area contributed by atoms with Crippen LogP contribution in [0.2, 0.25) is 0 Å². The number of hydrogen-bond donors (Lipinski definition) is 1. The van der Waals surface area contributed by atoms with Crippen LogP contribution < -0.4 is 5.14 Å². The number of primary sulfonamides is 1. The van der Waals surface area contributed by atoms with Gasteiger partial charge in [0.15, 0.2) is 0 Å². The van der Waals surface area contributed by atoms with Crippen molar-refractivity contribution in [1.29, 1.82) is 0 Å². The number of methoxy groups -OCH3 is 1. The van der Waals surface area contributed by atoms with Crippen molar-refractivity contribution in [2.75, 3.05) is 13.7 Å². The van der Waals surface area contributed by atoms with E-state index in [2.05, 4.69) is 4.74 Å². The summed E-state index contributed by atoms with van der Waals surface area (Å²) in [6, 6.07) is 6.05. The van der Waals surface area contributed by atoms with E-state index in [9.17, 15) is 18.0 Å². The molecule has 0 heterocycles. The van der Waals surface area contributed by atoms with Gasteiger partial charge in [0.05, 0.1) is 18.4 Å². The van der Waals surface area contributed by atoms with Crippen LogP contribution in [0.15, 0.2) is 29.2 Å². The molecule has 0 atom stereocenters. The van der Waals surface area contributed by atoms with Crippen LogP contribution in [0.25, 0.3) is 0 Å². The molecule has 0 radical (unpaired) electrons. The van der Waals surface area contributed by atoms with E-state index < -0.39 is 10.0 Å². The maximum Gasteiger partial charge on any atom is 0.307 e. The van der Waals surface area contributed by atoms with Gasteiger partial charge in [-0.05, 0) is 30.5 Å². The van der Waals surface area contributed by atoms with Gasteiger partial charge in [-0.1, -0.05) is 12.1 Å². The van der Waals surface area contributed by atoms with Gasteiger partial charge in [-0.3, -0.25) is 9.59 Å². The molecule has 2 N–H and O–H groups in total. The van der Waals surface area contributed by atoms with Gasteiger partial charge < -0.3 is 9.64 Å². The summed E-state index contributed by atoms with van der Waals surface area (Å²) in [5.74, 6) is -0.316. The molecule has 1 aromatic rings. The molecule has 0 saturated heterocycles. The number of amides is 1. The summed E-state index contributed by atoms with van der Waals surface area (Å²) in [6.07, 6.45) is 1.88. The third kappa shape index (κ3) is 5.04. The molecule has 126 valence electrons. The molecular weight excluding hydrogens is 320 g/mol. The van der Waals surface area contributed by atoms with Gasteiger partial charge in [-0.25, -0.2) is 13.6 Å². The Morgan fingerprint density at radius 3 is 2.35 bits per heavy atom. The van der Waals surface area contributed by atoms with E-state index in [0.29, 0.717) is 6.54 Å². The van der Waals surface area contributed by atoms with Crippen LogP contribution in [0, 0.1) is 5.92 Å². The largest absolute Gasteiger partial charge is 0.469 e. The fourth-order valence-corrected chi connectivity index (χ4v) is 2.70. The molecule has 1 saturated carbocycles. The lowest BCUT2D eigenvalue weighted by molar-refractivity contribution is -0.142. The van der Waals surface area contributed by atoms with E-state index in [4.69, 9.17) is 5.14 Å². The van der Waals surface area contributed by atoms with Crippen molar-refractivity contribution in [3.05, 3.63) is 29.8 Å². The fourth-order valence-electron chi connectivity index (χ4n) is 2.19. The van der Waals surface area contributed by atoms with Crippen molar-refractivity contribution in [3.63, 3.8) is 0 Å². The molecule has 0 unspecified atom stereocenters. The molecular formula is C15H20N2O5S. The first-order chi connectivity index (χ1) is 10.8. The lowest BCUT2D eigenvalue weighted by Gasteiger charge is -2.22. The number of esters is 1. The quantitative estimate of drug-likeness (QED) is 0.733. The Bertz CT molecular complexity index is 680. The molecule has 7 nitrogen and oxygen atoms in total. The molecule has 0 aromatic heterocycles. The predicted molar refractivity (Wildman–Crippen MR) is 82.6 cm³/mol. The molecule has 23 heavy (non-hydrogen) atoms. The smallest absolute Gasteiger partial charge is 0.307 e. The lowest BCUT2D eigenvalue weighted by Crippen LogP contribution is -2.33. The molecule has 2 rings (SSSR count). The topological polar surface area (TPSA) is 107 Å². The standard InChI is InChI=1S/C15H20N2O5S/c1-22-14(18)8-9-17(15(19)12-4-5-12)10-11-2-6-13(7-3-11)23(16,20)21/h2-3,6-7,12H,4-5,8-10H2,1H3,(H2,16,20,21). The number of carbonyl (C=O) groups is 2. The second kappa shape index (κ2) is 7.10. The minimum Gasteiger partial charge on any atom is -0.469 e. The highest BCUT2D eigenvalue weighted by Crippen LogP contribution is 2.31. The number of nitrogens with two attached hydrogens (primary N) is 1. The summed E-state index contributed by atoms with van der Waals surface area (Å²) in [5.41, 5.74) is 0.774. The molecule has 1 fully saturated rings. The highest BCUT2D eigenvalue weighted by atomic mass is 32.2. The first kappa shape index (κ1) is 17.4. The second-order valence-corrected chi connectivity index (χ2v) is 7.11. The maximum absolute atomic E-state index is 12.3.